The van der Waals surface area contributed by atoms with Gasteiger partial charge in [0.25, 0.3) is 0 Å². The summed E-state index contributed by atoms with van der Waals surface area (Å²) >= 11 is 0. The van der Waals surface area contributed by atoms with Crippen LogP contribution in [0.2, 0.25) is 0 Å². The molecule has 1 atom stereocenters. The van der Waals surface area contributed by atoms with Gasteiger partial charge in [-0.1, -0.05) is 13.8 Å². The summed E-state index contributed by atoms with van der Waals surface area (Å²) in [4.78, 5) is 52.5. The molecule has 1 aliphatic heterocycles. The van der Waals surface area contributed by atoms with E-state index in [2.05, 4.69) is 4.74 Å². The van der Waals surface area contributed by atoms with Gasteiger partial charge in [0, 0.05) is 19.4 Å². The van der Waals surface area contributed by atoms with E-state index in [4.69, 9.17) is 9.47 Å². The maximum absolute atomic E-state index is 13.1. The van der Waals surface area contributed by atoms with Crippen LogP contribution in [-0.2, 0) is 30.3 Å². The van der Waals surface area contributed by atoms with Crippen LogP contribution in [0.4, 0.5) is 0 Å². The number of esters is 1. The van der Waals surface area contributed by atoms with Crippen molar-refractivity contribution in [3.05, 3.63) is 23.3 Å². The number of rotatable bonds is 5. The Kier molecular flexibility index (Phi) is 6.38. The molecular formula is C23H29NO7. The van der Waals surface area contributed by atoms with E-state index < -0.39 is 35.7 Å². The highest BCUT2D eigenvalue weighted by Gasteiger charge is 2.48. The first kappa shape index (κ1) is 22.8. The fourth-order valence-electron chi connectivity index (χ4n) is 4.67. The lowest BCUT2D eigenvalue weighted by atomic mass is 9.67. The molecule has 0 bridgehead atoms. The molecule has 31 heavy (non-hydrogen) atoms. The van der Waals surface area contributed by atoms with Gasteiger partial charge >= 0.3 is 5.97 Å². The Morgan fingerprint density at radius 1 is 1.03 bits per heavy atom. The van der Waals surface area contributed by atoms with Gasteiger partial charge in [0.05, 0.1) is 27.4 Å². The number of carbonyl (C=O) groups excluding carboxylic acids is 4. The van der Waals surface area contributed by atoms with Crippen LogP contribution in [0.25, 0.3) is 0 Å². The maximum atomic E-state index is 13.1. The minimum absolute atomic E-state index is 0.190. The average molecular weight is 431 g/mol. The standard InChI is InChI=1S/C23H29NO7/c1-23(2)11-15(25)21(16(26)12-23)22-14-9-18(30-4)17(29-3)8-13(14)6-7-24(22)19(27)10-20(28)31-5/h8-9,21-22H,6-7,10-12H2,1-5H3. The predicted octanol–water partition coefficient (Wildman–Crippen LogP) is 2.27. The van der Waals surface area contributed by atoms with Gasteiger partial charge in [-0.2, -0.15) is 0 Å². The van der Waals surface area contributed by atoms with Crippen molar-refractivity contribution in [2.45, 2.75) is 45.6 Å². The molecule has 1 aromatic carbocycles. The van der Waals surface area contributed by atoms with E-state index in [1.165, 1.54) is 26.2 Å². The highest BCUT2D eigenvalue weighted by molar-refractivity contribution is 6.06. The zero-order valence-electron chi connectivity index (χ0n) is 18.6. The molecule has 1 heterocycles. The topological polar surface area (TPSA) is 99.2 Å². The second-order valence-corrected chi connectivity index (χ2v) is 8.87. The van der Waals surface area contributed by atoms with Crippen LogP contribution >= 0.6 is 0 Å². The van der Waals surface area contributed by atoms with E-state index in [1.54, 1.807) is 6.07 Å². The first-order valence-electron chi connectivity index (χ1n) is 10.3. The predicted molar refractivity (Wildman–Crippen MR) is 111 cm³/mol. The van der Waals surface area contributed by atoms with Gasteiger partial charge in [-0.25, -0.2) is 0 Å². The first-order chi connectivity index (χ1) is 14.6. The van der Waals surface area contributed by atoms with Crippen molar-refractivity contribution < 1.29 is 33.4 Å². The third-order valence-corrected chi connectivity index (χ3v) is 6.08. The van der Waals surface area contributed by atoms with Crippen molar-refractivity contribution in [3.63, 3.8) is 0 Å². The Morgan fingerprint density at radius 3 is 2.16 bits per heavy atom. The number of nitrogens with zero attached hydrogens (tertiary/aromatic N) is 1. The summed E-state index contributed by atoms with van der Waals surface area (Å²) in [5, 5.41) is 0. The van der Waals surface area contributed by atoms with Crippen LogP contribution < -0.4 is 9.47 Å². The van der Waals surface area contributed by atoms with Crippen LogP contribution in [0.5, 0.6) is 11.5 Å². The number of benzene rings is 1. The largest absolute Gasteiger partial charge is 0.493 e. The molecule has 0 N–H and O–H groups in total. The summed E-state index contributed by atoms with van der Waals surface area (Å²) < 4.78 is 15.5. The minimum Gasteiger partial charge on any atom is -0.493 e. The Labute approximate surface area is 181 Å². The fourth-order valence-corrected chi connectivity index (χ4v) is 4.67. The van der Waals surface area contributed by atoms with E-state index in [0.29, 0.717) is 23.5 Å². The molecule has 1 fully saturated rings. The lowest BCUT2D eigenvalue weighted by molar-refractivity contribution is -0.150. The summed E-state index contributed by atoms with van der Waals surface area (Å²) in [7, 11) is 4.25. The molecule has 1 amide bonds. The van der Waals surface area contributed by atoms with Crippen LogP contribution in [-0.4, -0.2) is 56.2 Å². The lowest BCUT2D eigenvalue weighted by Gasteiger charge is -2.43. The summed E-state index contributed by atoms with van der Waals surface area (Å²) in [5.74, 6) is -1.50. The van der Waals surface area contributed by atoms with Crippen LogP contribution in [0.3, 0.4) is 0 Å². The summed E-state index contributed by atoms with van der Waals surface area (Å²) in [6.45, 7) is 4.06. The Morgan fingerprint density at radius 2 is 1.61 bits per heavy atom. The Bertz CT molecular complexity index is 901. The van der Waals surface area contributed by atoms with Crippen molar-refractivity contribution in [1.82, 2.24) is 4.90 Å². The molecule has 1 saturated carbocycles. The summed E-state index contributed by atoms with van der Waals surface area (Å²) in [5.41, 5.74) is 1.14. The highest BCUT2D eigenvalue weighted by Crippen LogP contribution is 2.46. The number of carbonyl (C=O) groups is 4. The first-order valence-corrected chi connectivity index (χ1v) is 10.3. The Hall–Kier alpha value is -2.90. The van der Waals surface area contributed by atoms with Gasteiger partial charge < -0.3 is 19.1 Å². The third kappa shape index (κ3) is 4.43. The van der Waals surface area contributed by atoms with Crippen molar-refractivity contribution in [3.8, 4) is 11.5 Å². The van der Waals surface area contributed by atoms with Gasteiger partial charge in [-0.05, 0) is 35.1 Å². The lowest BCUT2D eigenvalue weighted by Crippen LogP contribution is -2.50. The smallest absolute Gasteiger partial charge is 0.315 e. The SMILES string of the molecule is COC(=O)CC(=O)N1CCc2cc(OC)c(OC)cc2C1C1C(=O)CC(C)(C)CC1=O. The number of hydrogen-bond acceptors (Lipinski definition) is 7. The van der Waals surface area contributed by atoms with Crippen molar-refractivity contribution in [2.24, 2.45) is 11.3 Å². The number of ketones is 2. The molecule has 1 unspecified atom stereocenters. The molecular weight excluding hydrogens is 402 g/mol. The molecule has 168 valence electrons. The second-order valence-electron chi connectivity index (χ2n) is 8.87. The highest BCUT2D eigenvalue weighted by atomic mass is 16.5. The number of hydrogen-bond donors (Lipinski definition) is 0. The molecule has 0 spiro atoms. The molecule has 8 nitrogen and oxygen atoms in total. The van der Waals surface area contributed by atoms with Crippen molar-refractivity contribution >= 4 is 23.4 Å². The monoisotopic (exact) mass is 431 g/mol. The summed E-state index contributed by atoms with van der Waals surface area (Å²) in [6, 6.07) is 2.76. The van der Waals surface area contributed by atoms with E-state index in [9.17, 15) is 19.2 Å². The number of ether oxygens (including phenoxy) is 3. The van der Waals surface area contributed by atoms with Gasteiger partial charge in [0.1, 0.15) is 23.9 Å². The Balaban J connectivity index is 2.11. The zero-order chi connectivity index (χ0) is 22.9. The normalized spacial score (nSPS) is 20.8. The van der Waals surface area contributed by atoms with Gasteiger partial charge in [-0.3, -0.25) is 19.2 Å². The van der Waals surface area contributed by atoms with E-state index >= 15 is 0 Å². The average Bonchev–Trinajstić information content (AvgIpc) is 2.70. The third-order valence-electron chi connectivity index (χ3n) is 6.08. The van der Waals surface area contributed by atoms with Crippen LogP contribution in [0.15, 0.2) is 12.1 Å². The number of amides is 1. The van der Waals surface area contributed by atoms with Gasteiger partial charge in [0.15, 0.2) is 11.5 Å². The van der Waals surface area contributed by atoms with E-state index in [0.717, 1.165) is 5.56 Å². The molecule has 1 aromatic rings. The van der Waals surface area contributed by atoms with E-state index in [1.807, 2.05) is 19.9 Å². The molecule has 2 aliphatic rings. The minimum atomic E-state index is -0.980. The molecule has 0 radical (unpaired) electrons. The quantitative estimate of drug-likeness (QED) is 0.521. The van der Waals surface area contributed by atoms with Crippen LogP contribution in [0, 0.1) is 11.3 Å². The number of Topliss-reactive ketones (excluding diaryl/α,β-unsaturated/α-hetero) is 2. The number of fused-ring (bicyclic) bond motifs is 1. The van der Waals surface area contributed by atoms with Crippen molar-refractivity contribution in [1.29, 1.82) is 0 Å². The molecule has 0 saturated heterocycles. The van der Waals surface area contributed by atoms with Crippen molar-refractivity contribution in [2.75, 3.05) is 27.9 Å². The number of methoxy groups -OCH3 is 3. The zero-order valence-corrected chi connectivity index (χ0v) is 18.6. The molecule has 1 aliphatic carbocycles. The maximum Gasteiger partial charge on any atom is 0.315 e. The summed E-state index contributed by atoms with van der Waals surface area (Å²) in [6.07, 6.45) is 0.555. The molecule has 0 aromatic heterocycles. The molecule has 8 heteroatoms. The van der Waals surface area contributed by atoms with Crippen LogP contribution in [0.1, 0.15) is 50.3 Å². The van der Waals surface area contributed by atoms with E-state index in [-0.39, 0.29) is 31.0 Å². The van der Waals surface area contributed by atoms with Gasteiger partial charge in [-0.15, -0.1) is 0 Å². The fraction of sp³-hybridized carbons (Fsp3) is 0.565. The molecule has 3 rings (SSSR count). The second kappa shape index (κ2) is 8.69. The van der Waals surface area contributed by atoms with Gasteiger partial charge in [0.2, 0.25) is 5.91 Å².